The number of epoxide rings is 1. The van der Waals surface area contributed by atoms with Crippen LogP contribution in [-0.2, 0) is 25.5 Å². The number of nitrogens with two attached hydrogens (primary N) is 1. The Labute approximate surface area is 184 Å². The number of primary amides is 1. The lowest BCUT2D eigenvalue weighted by atomic mass is 9.52. The van der Waals surface area contributed by atoms with Crippen LogP contribution in [-0.4, -0.2) is 45.9 Å². The first-order valence-corrected chi connectivity index (χ1v) is 11.1. The van der Waals surface area contributed by atoms with Crippen LogP contribution >= 0.6 is 0 Å². The van der Waals surface area contributed by atoms with Gasteiger partial charge in [0, 0.05) is 12.0 Å². The van der Waals surface area contributed by atoms with E-state index in [0.29, 0.717) is 30.4 Å². The van der Waals surface area contributed by atoms with E-state index < -0.39 is 41.1 Å². The molecule has 1 saturated heterocycles. The van der Waals surface area contributed by atoms with E-state index in [4.69, 9.17) is 10.5 Å². The van der Waals surface area contributed by atoms with Gasteiger partial charge in [-0.05, 0) is 55.7 Å². The molecule has 3 fully saturated rings. The van der Waals surface area contributed by atoms with Crippen LogP contribution in [0.3, 0.4) is 0 Å². The molecule has 1 aromatic rings. The summed E-state index contributed by atoms with van der Waals surface area (Å²) in [5.74, 6) is -6.13. The number of ether oxygens (including phenoxy) is 1. The monoisotopic (exact) mass is 439 g/mol. The minimum atomic E-state index is -1.27. The van der Waals surface area contributed by atoms with Crippen molar-refractivity contribution in [3.05, 3.63) is 28.8 Å². The molecule has 8 nitrogen and oxygen atoms in total. The van der Waals surface area contributed by atoms with E-state index in [9.17, 15) is 29.1 Å². The maximum absolute atomic E-state index is 13.8. The van der Waals surface area contributed by atoms with Gasteiger partial charge in [0.1, 0.15) is 28.8 Å². The van der Waals surface area contributed by atoms with E-state index in [2.05, 4.69) is 0 Å². The highest BCUT2D eigenvalue weighted by atomic mass is 16.6. The van der Waals surface area contributed by atoms with Crippen LogP contribution in [0.15, 0.2) is 12.1 Å². The van der Waals surface area contributed by atoms with Crippen molar-refractivity contribution in [1.29, 1.82) is 0 Å². The molecule has 0 aromatic heterocycles. The molecule has 3 aliphatic carbocycles. The summed E-state index contributed by atoms with van der Waals surface area (Å²) in [6, 6.07) is 2.81. The van der Waals surface area contributed by atoms with E-state index in [1.165, 1.54) is 19.1 Å². The van der Waals surface area contributed by atoms with Crippen molar-refractivity contribution in [1.82, 2.24) is 0 Å². The molecule has 8 heteroatoms. The Morgan fingerprint density at radius 3 is 2.50 bits per heavy atom. The number of amides is 1. The van der Waals surface area contributed by atoms with Crippen LogP contribution in [0.1, 0.15) is 59.4 Å². The number of Topliss-reactive ketones (excluding diaryl/α,β-unsaturated/α-hetero) is 4. The van der Waals surface area contributed by atoms with Gasteiger partial charge in [-0.15, -0.1) is 0 Å². The summed E-state index contributed by atoms with van der Waals surface area (Å²) in [6.07, 6.45) is 0.831. The molecule has 1 spiro atoms. The van der Waals surface area contributed by atoms with E-state index in [0.717, 1.165) is 0 Å². The zero-order chi connectivity index (χ0) is 23.1. The molecule has 7 unspecified atom stereocenters. The van der Waals surface area contributed by atoms with Crippen molar-refractivity contribution in [2.45, 2.75) is 51.2 Å². The Hall–Kier alpha value is -2.87. The van der Waals surface area contributed by atoms with Crippen molar-refractivity contribution < 1.29 is 33.8 Å². The van der Waals surface area contributed by atoms with Crippen LogP contribution in [0.5, 0.6) is 5.75 Å². The van der Waals surface area contributed by atoms with Gasteiger partial charge in [0.2, 0.25) is 5.91 Å². The summed E-state index contributed by atoms with van der Waals surface area (Å²) in [7, 11) is 0. The van der Waals surface area contributed by atoms with Gasteiger partial charge in [0.05, 0.1) is 23.5 Å². The van der Waals surface area contributed by atoms with Gasteiger partial charge in [-0.2, -0.15) is 0 Å². The highest BCUT2D eigenvalue weighted by Crippen LogP contribution is 2.61. The first-order chi connectivity index (χ1) is 15.1. The molecule has 4 aliphatic rings. The van der Waals surface area contributed by atoms with Gasteiger partial charge < -0.3 is 15.6 Å². The van der Waals surface area contributed by atoms with Crippen LogP contribution in [0.2, 0.25) is 0 Å². The Balaban J connectivity index is 1.61. The molecule has 3 N–H and O–H groups in total. The highest BCUT2D eigenvalue weighted by Gasteiger charge is 2.75. The number of hydrogen-bond acceptors (Lipinski definition) is 7. The van der Waals surface area contributed by atoms with Crippen LogP contribution in [0, 0.1) is 29.6 Å². The van der Waals surface area contributed by atoms with Crippen molar-refractivity contribution in [2.75, 3.05) is 0 Å². The second-order valence-corrected chi connectivity index (χ2v) is 9.60. The Bertz CT molecular complexity index is 1110. The predicted molar refractivity (Wildman–Crippen MR) is 110 cm³/mol. The number of phenolic OH excluding ortho intramolecular Hbond substituents is 1. The molecule has 1 heterocycles. The third-order valence-electron chi connectivity index (χ3n) is 8.00. The van der Waals surface area contributed by atoms with E-state index in [1.807, 2.05) is 6.92 Å². The molecule has 7 atom stereocenters. The van der Waals surface area contributed by atoms with Gasteiger partial charge in [-0.25, -0.2) is 0 Å². The number of ketones is 4. The maximum atomic E-state index is 13.8. The number of carbonyl (C=O) groups excluding carboxylic acids is 5. The smallest absolute Gasteiger partial charge is 0.231 e. The number of carbonyl (C=O) groups is 5. The number of hydrogen-bond donors (Lipinski definition) is 2. The fraction of sp³-hybridized carbons (Fsp3) is 0.542. The molecule has 1 aliphatic heterocycles. The fourth-order valence-corrected chi connectivity index (χ4v) is 6.86. The highest BCUT2D eigenvalue weighted by molar-refractivity contribution is 6.17. The van der Waals surface area contributed by atoms with Gasteiger partial charge in [-0.1, -0.05) is 6.92 Å². The van der Waals surface area contributed by atoms with E-state index in [1.54, 1.807) is 0 Å². The normalized spacial score (nSPS) is 37.5. The van der Waals surface area contributed by atoms with Gasteiger partial charge in [0.15, 0.2) is 11.6 Å². The maximum Gasteiger partial charge on any atom is 0.231 e. The van der Waals surface area contributed by atoms with Crippen molar-refractivity contribution in [3.63, 3.8) is 0 Å². The quantitative estimate of drug-likeness (QED) is 0.411. The van der Waals surface area contributed by atoms with Crippen molar-refractivity contribution in [2.24, 2.45) is 35.3 Å². The van der Waals surface area contributed by atoms with E-state index >= 15 is 0 Å². The summed E-state index contributed by atoms with van der Waals surface area (Å²) in [4.78, 5) is 64.5. The molecule has 168 valence electrons. The lowest BCUT2D eigenvalue weighted by molar-refractivity contribution is -0.150. The van der Waals surface area contributed by atoms with Crippen molar-refractivity contribution in [3.8, 4) is 5.75 Å². The van der Waals surface area contributed by atoms with Crippen LogP contribution in [0.25, 0.3) is 0 Å². The standard InChI is InChI=1S/C24H25NO7/c1-3-16-24(32-16)19-11(8-15(28)20(24)23(25)31)6-10-7-13-12(9(2)26)4-5-14(27)18(13)21(29)17(10)22(19)30/h4-5,10-11,16-17,19-20,27H,3,6-8H2,1-2H3,(H2,25,31). The summed E-state index contributed by atoms with van der Waals surface area (Å²) >= 11 is 0. The number of rotatable bonds is 3. The predicted octanol–water partition coefficient (Wildman–Crippen LogP) is 1.39. The molecule has 0 radical (unpaired) electrons. The Morgan fingerprint density at radius 2 is 1.91 bits per heavy atom. The first-order valence-electron chi connectivity index (χ1n) is 11.1. The number of aromatic hydroxyl groups is 1. The third kappa shape index (κ3) is 2.56. The summed E-state index contributed by atoms with van der Waals surface area (Å²) in [6.45, 7) is 3.25. The SMILES string of the molecule is CCC1OC12C(C(N)=O)C(=O)CC1CC3Cc4c(C(C)=O)ccc(O)c4C(=O)C3C(=O)C12. The molecule has 2 saturated carbocycles. The van der Waals surface area contributed by atoms with Gasteiger partial charge in [-0.3, -0.25) is 24.0 Å². The summed E-state index contributed by atoms with van der Waals surface area (Å²) in [5.41, 5.74) is 5.15. The second kappa shape index (κ2) is 6.81. The minimum Gasteiger partial charge on any atom is -0.507 e. The third-order valence-corrected chi connectivity index (χ3v) is 8.00. The largest absolute Gasteiger partial charge is 0.507 e. The van der Waals surface area contributed by atoms with Crippen LogP contribution < -0.4 is 5.73 Å². The van der Waals surface area contributed by atoms with Gasteiger partial charge >= 0.3 is 0 Å². The average molecular weight is 439 g/mol. The average Bonchev–Trinajstić information content (AvgIpc) is 3.40. The van der Waals surface area contributed by atoms with Gasteiger partial charge in [0.25, 0.3) is 0 Å². The minimum absolute atomic E-state index is 0.0295. The van der Waals surface area contributed by atoms with Crippen molar-refractivity contribution >= 4 is 29.0 Å². The molecule has 5 rings (SSSR count). The number of phenols is 1. The van der Waals surface area contributed by atoms with E-state index in [-0.39, 0.29) is 46.9 Å². The zero-order valence-electron chi connectivity index (χ0n) is 17.9. The topological polar surface area (TPSA) is 144 Å². The second-order valence-electron chi connectivity index (χ2n) is 9.60. The molecule has 32 heavy (non-hydrogen) atoms. The van der Waals surface area contributed by atoms with Crippen LogP contribution in [0.4, 0.5) is 0 Å². The summed E-state index contributed by atoms with van der Waals surface area (Å²) in [5, 5.41) is 10.4. The Morgan fingerprint density at radius 1 is 1.19 bits per heavy atom. The summed E-state index contributed by atoms with van der Waals surface area (Å²) < 4.78 is 5.89. The first kappa shape index (κ1) is 21.0. The number of benzene rings is 1. The molecular formula is C24H25NO7. The lowest BCUT2D eigenvalue weighted by Gasteiger charge is -2.48. The Kier molecular flexibility index (Phi) is 4.47. The fourth-order valence-electron chi connectivity index (χ4n) is 6.86. The molecule has 0 bridgehead atoms. The molecule has 1 amide bonds. The zero-order valence-corrected chi connectivity index (χ0v) is 17.9. The molecule has 1 aromatic carbocycles. The lowest BCUT2D eigenvalue weighted by Crippen LogP contribution is -2.61. The number of fused-ring (bicyclic) bond motifs is 4. The molecular weight excluding hydrogens is 414 g/mol.